The summed E-state index contributed by atoms with van der Waals surface area (Å²) in [6.07, 6.45) is 9.89. The number of rotatable bonds is 5. The molecule has 2 aromatic heterocycles. The second kappa shape index (κ2) is 7.42. The summed E-state index contributed by atoms with van der Waals surface area (Å²) in [7, 11) is 2.09. The summed E-state index contributed by atoms with van der Waals surface area (Å²) >= 11 is 0. The van der Waals surface area contributed by atoms with Crippen LogP contribution in [0.2, 0.25) is 0 Å². The van der Waals surface area contributed by atoms with Crippen molar-refractivity contribution in [2.24, 2.45) is 7.05 Å². The lowest BCUT2D eigenvalue weighted by Gasteiger charge is -2.30. The first-order valence-corrected chi connectivity index (χ1v) is 9.53. The van der Waals surface area contributed by atoms with Crippen LogP contribution in [0.1, 0.15) is 62.0 Å². The van der Waals surface area contributed by atoms with Crippen molar-refractivity contribution in [3.8, 4) is 0 Å². The lowest BCUT2D eigenvalue weighted by atomic mass is 9.96. The van der Waals surface area contributed by atoms with Crippen molar-refractivity contribution in [3.63, 3.8) is 0 Å². The summed E-state index contributed by atoms with van der Waals surface area (Å²) in [5.74, 6) is 1.13. The number of anilines is 2. The maximum atomic E-state index is 4.95. The molecule has 3 rings (SSSR count). The Balaban J connectivity index is 2.13. The van der Waals surface area contributed by atoms with Gasteiger partial charge in [-0.2, -0.15) is 5.10 Å². The Morgan fingerprint density at radius 2 is 2.08 bits per heavy atom. The van der Waals surface area contributed by atoms with Crippen LogP contribution in [0.3, 0.4) is 0 Å². The summed E-state index contributed by atoms with van der Waals surface area (Å²) < 4.78 is 2.10. The van der Waals surface area contributed by atoms with E-state index in [2.05, 4.69) is 61.5 Å². The average Bonchev–Trinajstić information content (AvgIpc) is 2.91. The maximum absolute atomic E-state index is 4.95. The first-order chi connectivity index (χ1) is 12.1. The van der Waals surface area contributed by atoms with Gasteiger partial charge in [0.05, 0.1) is 17.1 Å². The van der Waals surface area contributed by atoms with Crippen molar-refractivity contribution in [1.82, 2.24) is 14.8 Å². The molecule has 4 heteroatoms. The third-order valence-electron chi connectivity index (χ3n) is 5.04. The number of hydrogen-bond donors (Lipinski definition) is 0. The topological polar surface area (TPSA) is 34.0 Å². The summed E-state index contributed by atoms with van der Waals surface area (Å²) in [6.45, 7) is 9.74. The number of allylic oxidation sites excluding steroid dienone is 2. The molecule has 0 spiro atoms. The van der Waals surface area contributed by atoms with E-state index in [1.165, 1.54) is 28.1 Å². The Morgan fingerprint density at radius 3 is 2.76 bits per heavy atom. The van der Waals surface area contributed by atoms with Gasteiger partial charge in [0, 0.05) is 25.4 Å². The third-order valence-corrected chi connectivity index (χ3v) is 5.04. The van der Waals surface area contributed by atoms with Crippen molar-refractivity contribution in [3.05, 3.63) is 40.9 Å². The second-order valence-corrected chi connectivity index (χ2v) is 6.98. The number of aromatic nitrogens is 3. The van der Waals surface area contributed by atoms with Gasteiger partial charge in [0.1, 0.15) is 0 Å². The zero-order chi connectivity index (χ0) is 18.0. The van der Waals surface area contributed by atoms with Gasteiger partial charge in [-0.3, -0.25) is 9.67 Å². The second-order valence-electron chi connectivity index (χ2n) is 6.98. The standard InChI is InChI=1S/C21H30N4/c1-6-9-17(10-7-2)20-18-11-8-14-25(21(18)23-24(20)5)19-15(3)12-13-22-16(19)4/h9,12-13H,6-8,10-11,14H2,1-5H3/b17-9+. The van der Waals surface area contributed by atoms with Gasteiger partial charge in [-0.15, -0.1) is 0 Å². The van der Waals surface area contributed by atoms with E-state index in [0.29, 0.717) is 0 Å². The Bertz CT molecular complexity index is 765. The minimum absolute atomic E-state index is 1.01. The molecule has 0 aliphatic carbocycles. The molecule has 0 saturated carbocycles. The van der Waals surface area contributed by atoms with E-state index in [4.69, 9.17) is 5.10 Å². The molecular formula is C21H30N4. The quantitative estimate of drug-likeness (QED) is 0.759. The van der Waals surface area contributed by atoms with Crippen LogP contribution in [0.15, 0.2) is 18.3 Å². The van der Waals surface area contributed by atoms with Crippen molar-refractivity contribution in [2.45, 2.75) is 59.8 Å². The molecule has 1 aliphatic rings. The number of hydrogen-bond acceptors (Lipinski definition) is 3. The molecule has 0 aromatic carbocycles. The van der Waals surface area contributed by atoms with Gasteiger partial charge in [0.2, 0.25) is 0 Å². The number of fused-ring (bicyclic) bond motifs is 1. The van der Waals surface area contributed by atoms with E-state index in [1.807, 2.05) is 6.20 Å². The number of aryl methyl sites for hydroxylation is 3. The van der Waals surface area contributed by atoms with Crippen LogP contribution in [0, 0.1) is 13.8 Å². The Kier molecular flexibility index (Phi) is 5.26. The summed E-state index contributed by atoms with van der Waals surface area (Å²) in [5.41, 5.74) is 7.77. The van der Waals surface area contributed by atoms with Gasteiger partial charge in [0.15, 0.2) is 5.82 Å². The molecular weight excluding hydrogens is 308 g/mol. The summed E-state index contributed by atoms with van der Waals surface area (Å²) in [6, 6.07) is 2.10. The maximum Gasteiger partial charge on any atom is 0.158 e. The number of nitrogens with zero attached hydrogens (tertiary/aromatic N) is 4. The smallest absolute Gasteiger partial charge is 0.158 e. The minimum atomic E-state index is 1.01. The predicted octanol–water partition coefficient (Wildman–Crippen LogP) is 5.11. The molecule has 0 radical (unpaired) electrons. The molecule has 4 nitrogen and oxygen atoms in total. The SMILES string of the molecule is CC/C=C(\CCC)c1c2c(nn1C)N(c1c(C)ccnc1C)CCC2. The zero-order valence-electron chi connectivity index (χ0n) is 16.3. The van der Waals surface area contributed by atoms with Crippen LogP contribution in [-0.4, -0.2) is 21.3 Å². The highest BCUT2D eigenvalue weighted by Crippen LogP contribution is 2.39. The lowest BCUT2D eigenvalue weighted by Crippen LogP contribution is -2.26. The average molecular weight is 338 g/mol. The highest BCUT2D eigenvalue weighted by molar-refractivity contribution is 5.76. The van der Waals surface area contributed by atoms with Gasteiger partial charge in [-0.25, -0.2) is 0 Å². The molecule has 0 atom stereocenters. The Hall–Kier alpha value is -2.10. The molecule has 3 heterocycles. The Labute approximate surface area is 151 Å². The van der Waals surface area contributed by atoms with Gasteiger partial charge in [0.25, 0.3) is 0 Å². The molecule has 0 unspecified atom stereocenters. The van der Waals surface area contributed by atoms with Crippen LogP contribution >= 0.6 is 0 Å². The van der Waals surface area contributed by atoms with Gasteiger partial charge in [-0.05, 0) is 56.7 Å². The largest absolute Gasteiger partial charge is 0.323 e. The molecule has 134 valence electrons. The van der Waals surface area contributed by atoms with Crippen LogP contribution in [0.25, 0.3) is 5.57 Å². The molecule has 0 amide bonds. The number of pyridine rings is 1. The molecule has 0 bridgehead atoms. The predicted molar refractivity (Wildman–Crippen MR) is 105 cm³/mol. The highest BCUT2D eigenvalue weighted by Gasteiger charge is 2.28. The van der Waals surface area contributed by atoms with Crippen molar-refractivity contribution < 1.29 is 0 Å². The van der Waals surface area contributed by atoms with E-state index >= 15 is 0 Å². The fraction of sp³-hybridized carbons (Fsp3) is 0.524. The fourth-order valence-electron chi connectivity index (χ4n) is 4.07. The highest BCUT2D eigenvalue weighted by atomic mass is 15.4. The molecule has 0 fully saturated rings. The molecule has 0 saturated heterocycles. The van der Waals surface area contributed by atoms with Crippen LogP contribution in [0.4, 0.5) is 11.5 Å². The molecule has 0 N–H and O–H groups in total. The van der Waals surface area contributed by atoms with Crippen molar-refractivity contribution in [1.29, 1.82) is 0 Å². The van der Waals surface area contributed by atoms with E-state index in [1.54, 1.807) is 0 Å². The van der Waals surface area contributed by atoms with E-state index < -0.39 is 0 Å². The van der Waals surface area contributed by atoms with Gasteiger partial charge < -0.3 is 4.90 Å². The van der Waals surface area contributed by atoms with Crippen LogP contribution < -0.4 is 4.90 Å². The van der Waals surface area contributed by atoms with Crippen molar-refractivity contribution in [2.75, 3.05) is 11.4 Å². The minimum Gasteiger partial charge on any atom is -0.323 e. The van der Waals surface area contributed by atoms with E-state index in [-0.39, 0.29) is 0 Å². The zero-order valence-corrected chi connectivity index (χ0v) is 16.3. The van der Waals surface area contributed by atoms with Crippen LogP contribution in [-0.2, 0) is 13.5 Å². The first kappa shape index (κ1) is 17.7. The van der Waals surface area contributed by atoms with E-state index in [0.717, 1.165) is 50.2 Å². The van der Waals surface area contributed by atoms with E-state index in [9.17, 15) is 0 Å². The van der Waals surface area contributed by atoms with Crippen LogP contribution in [0.5, 0.6) is 0 Å². The summed E-state index contributed by atoms with van der Waals surface area (Å²) in [4.78, 5) is 6.91. The van der Waals surface area contributed by atoms with Crippen molar-refractivity contribution >= 4 is 17.1 Å². The Morgan fingerprint density at radius 1 is 1.28 bits per heavy atom. The fourth-order valence-corrected chi connectivity index (χ4v) is 4.07. The molecule has 2 aromatic rings. The van der Waals surface area contributed by atoms with Gasteiger partial charge in [-0.1, -0.05) is 26.3 Å². The monoisotopic (exact) mass is 338 g/mol. The first-order valence-electron chi connectivity index (χ1n) is 9.53. The molecule has 25 heavy (non-hydrogen) atoms. The third kappa shape index (κ3) is 3.22. The lowest BCUT2D eigenvalue weighted by molar-refractivity contribution is 0.735. The summed E-state index contributed by atoms with van der Waals surface area (Å²) in [5, 5.41) is 4.95. The molecule has 1 aliphatic heterocycles. The van der Waals surface area contributed by atoms with Gasteiger partial charge >= 0.3 is 0 Å². The normalized spacial score (nSPS) is 14.8.